The molecule has 2 heteroatoms. The molecule has 1 N–H and O–H groups in total. The second-order valence-electron chi connectivity index (χ2n) is 11.4. The van der Waals surface area contributed by atoms with Gasteiger partial charge in [0.05, 0.1) is 5.60 Å². The third-order valence-electron chi connectivity index (χ3n) is 9.89. The summed E-state index contributed by atoms with van der Waals surface area (Å²) in [4.78, 5) is 2.82. The number of likely N-dealkylation sites (tertiary alicyclic amines) is 1. The average molecular weight is 332 g/mol. The smallest absolute Gasteiger partial charge is 0.0656 e. The molecule has 1 saturated heterocycles. The average Bonchev–Trinajstić information content (AvgIpc) is 2.61. The first-order valence-electron chi connectivity index (χ1n) is 10.7. The van der Waals surface area contributed by atoms with Gasteiger partial charge in [-0.1, -0.05) is 20.8 Å². The lowest BCUT2D eigenvalue weighted by Gasteiger charge is -2.58. The highest BCUT2D eigenvalue weighted by molar-refractivity contribution is 5.07. The van der Waals surface area contributed by atoms with Crippen LogP contribution in [0.4, 0.5) is 0 Å². The minimum atomic E-state index is -0.255. The lowest BCUT2D eigenvalue weighted by atomic mass is 9.49. The quantitative estimate of drug-likeness (QED) is 0.832. The van der Waals surface area contributed by atoms with E-state index in [0.29, 0.717) is 10.8 Å². The second kappa shape index (κ2) is 5.00. The van der Waals surface area contributed by atoms with E-state index in [2.05, 4.69) is 25.7 Å². The van der Waals surface area contributed by atoms with Crippen molar-refractivity contribution in [2.45, 2.75) is 77.7 Å². The number of nitrogens with zero attached hydrogens (tertiary/aromatic N) is 1. The van der Waals surface area contributed by atoms with E-state index in [1.807, 2.05) is 0 Å². The fourth-order valence-electron chi connectivity index (χ4n) is 8.20. The Morgan fingerprint density at radius 1 is 1.04 bits per heavy atom. The molecule has 0 aromatic heterocycles. The third kappa shape index (κ3) is 2.21. The molecule has 0 aromatic carbocycles. The lowest BCUT2D eigenvalue weighted by molar-refractivity contribution is -0.154. The van der Waals surface area contributed by atoms with Crippen LogP contribution in [0.2, 0.25) is 0 Å². The molecule has 24 heavy (non-hydrogen) atoms. The van der Waals surface area contributed by atoms with Crippen LogP contribution >= 0.6 is 0 Å². The first kappa shape index (κ1) is 16.1. The fraction of sp³-hybridized carbons (Fsp3) is 1.00. The predicted molar refractivity (Wildman–Crippen MR) is 97.7 cm³/mol. The number of rotatable bonds is 3. The summed E-state index contributed by atoms with van der Waals surface area (Å²) < 4.78 is 0. The number of piperidine rings is 1. The fourth-order valence-corrected chi connectivity index (χ4v) is 8.20. The zero-order valence-corrected chi connectivity index (χ0v) is 16.1. The van der Waals surface area contributed by atoms with Crippen LogP contribution in [0.1, 0.15) is 72.1 Å². The highest BCUT2D eigenvalue weighted by atomic mass is 16.3. The molecule has 136 valence electrons. The van der Waals surface area contributed by atoms with Gasteiger partial charge < -0.3 is 10.0 Å². The molecular weight excluding hydrogens is 294 g/mol. The molecule has 1 aliphatic heterocycles. The Morgan fingerprint density at radius 3 is 2.38 bits per heavy atom. The number of hydrogen-bond acceptors (Lipinski definition) is 2. The molecule has 0 amide bonds. The molecule has 6 bridgehead atoms. The van der Waals surface area contributed by atoms with E-state index >= 15 is 0 Å². The van der Waals surface area contributed by atoms with Gasteiger partial charge in [-0.05, 0) is 98.3 Å². The zero-order valence-electron chi connectivity index (χ0n) is 16.1. The molecular formula is C22H37NO. The number of hydrogen-bond donors (Lipinski definition) is 1. The van der Waals surface area contributed by atoms with Gasteiger partial charge in [-0.15, -0.1) is 0 Å². The zero-order chi connectivity index (χ0) is 16.7. The summed E-state index contributed by atoms with van der Waals surface area (Å²) in [5, 5.41) is 10.8. The molecule has 6 aliphatic rings. The Hall–Kier alpha value is -0.0800. The van der Waals surface area contributed by atoms with Crippen LogP contribution in [0, 0.1) is 40.4 Å². The van der Waals surface area contributed by atoms with Crippen LogP contribution < -0.4 is 0 Å². The van der Waals surface area contributed by atoms with E-state index in [9.17, 15) is 5.11 Å². The van der Waals surface area contributed by atoms with E-state index in [4.69, 9.17) is 0 Å². The number of aliphatic hydroxyl groups is 1. The molecule has 3 unspecified atom stereocenters. The maximum Gasteiger partial charge on any atom is 0.0656 e. The van der Waals surface area contributed by atoms with E-state index < -0.39 is 0 Å². The Kier molecular flexibility index (Phi) is 3.36. The monoisotopic (exact) mass is 331 g/mol. The summed E-state index contributed by atoms with van der Waals surface area (Å²) in [6.45, 7) is 11.6. The third-order valence-corrected chi connectivity index (χ3v) is 9.89. The lowest BCUT2D eigenvalue weighted by Crippen LogP contribution is -2.56. The highest BCUT2D eigenvalue weighted by Crippen LogP contribution is 2.60. The molecule has 6 rings (SSSR count). The van der Waals surface area contributed by atoms with Crippen molar-refractivity contribution in [2.24, 2.45) is 40.4 Å². The SMILES string of the molecule is CC1(C)C2CC[C@@]1(C)CN(CCC1C3CC4CC1CC(O)(C4)C3)C2. The van der Waals surface area contributed by atoms with Crippen LogP contribution in [0.25, 0.3) is 0 Å². The summed E-state index contributed by atoms with van der Waals surface area (Å²) in [6, 6.07) is 0. The standard InChI is InChI=1S/C22H37NO/c1-20(2)18-4-6-21(20,3)14-23(13-18)7-5-19-16-8-15-9-17(19)12-22(24,10-15)11-16/h15-19,24H,4-14H2,1-3H3/t15?,16?,17?,18?,19?,21-,22?/m0/s1. The minimum Gasteiger partial charge on any atom is -0.390 e. The van der Waals surface area contributed by atoms with E-state index in [0.717, 1.165) is 48.9 Å². The van der Waals surface area contributed by atoms with Crippen LogP contribution in [-0.4, -0.2) is 35.2 Å². The first-order chi connectivity index (χ1) is 11.3. The van der Waals surface area contributed by atoms with Crippen molar-refractivity contribution in [1.29, 1.82) is 0 Å². The van der Waals surface area contributed by atoms with Gasteiger partial charge in [0, 0.05) is 13.1 Å². The molecule has 4 atom stereocenters. The summed E-state index contributed by atoms with van der Waals surface area (Å²) in [6.07, 6.45) is 10.5. The van der Waals surface area contributed by atoms with Crippen molar-refractivity contribution < 1.29 is 5.11 Å². The van der Waals surface area contributed by atoms with E-state index in [1.54, 1.807) is 0 Å². The van der Waals surface area contributed by atoms with E-state index in [-0.39, 0.29) is 5.60 Å². The maximum atomic E-state index is 10.8. The van der Waals surface area contributed by atoms with Crippen molar-refractivity contribution in [3.63, 3.8) is 0 Å². The highest BCUT2D eigenvalue weighted by Gasteiger charge is 2.56. The summed E-state index contributed by atoms with van der Waals surface area (Å²) in [5.41, 5.74) is 0.819. The molecule has 5 saturated carbocycles. The van der Waals surface area contributed by atoms with Crippen molar-refractivity contribution in [3.05, 3.63) is 0 Å². The molecule has 0 radical (unpaired) electrons. The Labute approximate surface area is 148 Å². The van der Waals surface area contributed by atoms with Gasteiger partial charge in [0.1, 0.15) is 0 Å². The van der Waals surface area contributed by atoms with Crippen molar-refractivity contribution in [1.82, 2.24) is 4.90 Å². The van der Waals surface area contributed by atoms with Crippen LogP contribution in [-0.2, 0) is 0 Å². The van der Waals surface area contributed by atoms with Crippen LogP contribution in [0.15, 0.2) is 0 Å². The van der Waals surface area contributed by atoms with Crippen LogP contribution in [0.5, 0.6) is 0 Å². The maximum absolute atomic E-state index is 10.8. The Morgan fingerprint density at radius 2 is 1.75 bits per heavy atom. The van der Waals surface area contributed by atoms with Crippen molar-refractivity contribution in [2.75, 3.05) is 19.6 Å². The van der Waals surface area contributed by atoms with Gasteiger partial charge in [0.25, 0.3) is 0 Å². The Balaban J connectivity index is 1.24. The van der Waals surface area contributed by atoms with Gasteiger partial charge in [-0.25, -0.2) is 0 Å². The second-order valence-corrected chi connectivity index (χ2v) is 11.4. The molecule has 6 fully saturated rings. The van der Waals surface area contributed by atoms with Crippen LogP contribution in [0.3, 0.4) is 0 Å². The van der Waals surface area contributed by atoms with Crippen molar-refractivity contribution >= 4 is 0 Å². The van der Waals surface area contributed by atoms with Gasteiger partial charge in [0.15, 0.2) is 0 Å². The Bertz CT molecular complexity index is 512. The van der Waals surface area contributed by atoms with Gasteiger partial charge in [0.2, 0.25) is 0 Å². The first-order valence-corrected chi connectivity index (χ1v) is 10.7. The van der Waals surface area contributed by atoms with Crippen molar-refractivity contribution in [3.8, 4) is 0 Å². The normalized spacial score (nSPS) is 55.2. The molecule has 1 heterocycles. The molecule has 0 aromatic rings. The molecule has 5 aliphatic carbocycles. The topological polar surface area (TPSA) is 23.5 Å². The van der Waals surface area contributed by atoms with Gasteiger partial charge >= 0.3 is 0 Å². The number of fused-ring (bicyclic) bond motifs is 2. The summed E-state index contributed by atoms with van der Waals surface area (Å²) in [7, 11) is 0. The molecule has 2 nitrogen and oxygen atoms in total. The predicted octanol–water partition coefficient (Wildman–Crippen LogP) is 4.32. The molecule has 0 spiro atoms. The van der Waals surface area contributed by atoms with Gasteiger partial charge in [-0.3, -0.25) is 0 Å². The largest absolute Gasteiger partial charge is 0.390 e. The van der Waals surface area contributed by atoms with Gasteiger partial charge in [-0.2, -0.15) is 0 Å². The summed E-state index contributed by atoms with van der Waals surface area (Å²) in [5.74, 6) is 4.37. The minimum absolute atomic E-state index is 0.255. The summed E-state index contributed by atoms with van der Waals surface area (Å²) >= 11 is 0. The van der Waals surface area contributed by atoms with E-state index in [1.165, 1.54) is 51.7 Å².